The fourth-order valence-electron chi connectivity index (χ4n) is 3.23. The van der Waals surface area contributed by atoms with Gasteiger partial charge in [0, 0.05) is 12.8 Å². The summed E-state index contributed by atoms with van der Waals surface area (Å²) in [5.74, 6) is -4.12. The van der Waals surface area contributed by atoms with Gasteiger partial charge in [0.25, 0.3) is 0 Å². The number of carboxylic acids is 1. The van der Waals surface area contributed by atoms with Crippen molar-refractivity contribution in [3.63, 3.8) is 0 Å². The van der Waals surface area contributed by atoms with Gasteiger partial charge in [0.1, 0.15) is 23.9 Å². The van der Waals surface area contributed by atoms with Gasteiger partial charge in [-0.05, 0) is 56.8 Å². The monoisotopic (exact) mass is 508 g/mol. The van der Waals surface area contributed by atoms with Crippen LogP contribution in [-0.4, -0.2) is 70.5 Å². The molecule has 0 saturated carbocycles. The van der Waals surface area contributed by atoms with Gasteiger partial charge < -0.3 is 43.4 Å². The number of amides is 4. The Balaban J connectivity index is 3.12. The summed E-state index contributed by atoms with van der Waals surface area (Å²) in [4.78, 5) is 61.1. The number of nitrogens with one attached hydrogen (secondary N) is 3. The number of unbranched alkanes of at least 4 members (excludes halogenated alkanes) is 1. The molecule has 0 aliphatic carbocycles. The van der Waals surface area contributed by atoms with E-state index >= 15 is 0 Å². The highest BCUT2D eigenvalue weighted by molar-refractivity contribution is 5.94. The number of primary amides is 1. The average molecular weight is 509 g/mol. The fourth-order valence-corrected chi connectivity index (χ4v) is 3.23. The Morgan fingerprint density at radius 1 is 0.861 bits per heavy atom. The lowest BCUT2D eigenvalue weighted by Gasteiger charge is -2.25. The van der Waals surface area contributed by atoms with Gasteiger partial charge in [-0.1, -0.05) is 12.1 Å². The minimum atomic E-state index is -1.24. The van der Waals surface area contributed by atoms with Gasteiger partial charge in [0.15, 0.2) is 0 Å². The minimum absolute atomic E-state index is 0.000218. The van der Waals surface area contributed by atoms with E-state index < -0.39 is 53.8 Å². The van der Waals surface area contributed by atoms with Gasteiger partial charge in [-0.2, -0.15) is 0 Å². The number of carboxylic acid groups (broad SMARTS) is 1. The van der Waals surface area contributed by atoms with E-state index in [-0.39, 0.29) is 31.4 Å². The van der Waals surface area contributed by atoms with Crippen LogP contribution in [0.4, 0.5) is 0 Å². The van der Waals surface area contributed by atoms with Gasteiger partial charge in [-0.3, -0.25) is 19.2 Å². The Morgan fingerprint density at radius 3 is 1.94 bits per heavy atom. The SMILES string of the molecule is CC(N)C(=O)NC(CCC(N)=O)C(=O)NC(Cc1ccc(O)cc1)C(=O)NC(CCCCN)C(=O)O. The zero-order chi connectivity index (χ0) is 27.3. The van der Waals surface area contributed by atoms with Crippen LogP contribution in [0.2, 0.25) is 0 Å². The van der Waals surface area contributed by atoms with Crippen LogP contribution in [0.15, 0.2) is 24.3 Å². The molecule has 0 bridgehead atoms. The third-order valence-corrected chi connectivity index (χ3v) is 5.30. The maximum absolute atomic E-state index is 13.1. The molecule has 36 heavy (non-hydrogen) atoms. The Hall–Kier alpha value is -3.71. The van der Waals surface area contributed by atoms with Crippen molar-refractivity contribution in [3.8, 4) is 5.75 Å². The molecule has 4 unspecified atom stereocenters. The quantitative estimate of drug-likeness (QED) is 0.117. The van der Waals surface area contributed by atoms with Crippen molar-refractivity contribution in [1.29, 1.82) is 0 Å². The Bertz CT molecular complexity index is 907. The van der Waals surface area contributed by atoms with E-state index in [0.29, 0.717) is 24.9 Å². The second kappa shape index (κ2) is 15.3. The normalized spacial score (nSPS) is 14.1. The number of hydrogen-bond donors (Lipinski definition) is 8. The highest BCUT2D eigenvalue weighted by Gasteiger charge is 2.30. The zero-order valence-corrected chi connectivity index (χ0v) is 20.2. The summed E-state index contributed by atoms with van der Waals surface area (Å²) in [6.45, 7) is 1.79. The number of rotatable bonds is 16. The number of benzene rings is 1. The predicted molar refractivity (Wildman–Crippen MR) is 130 cm³/mol. The van der Waals surface area contributed by atoms with E-state index in [0.717, 1.165) is 0 Å². The summed E-state index contributed by atoms with van der Waals surface area (Å²) >= 11 is 0. The number of carbonyl (C=O) groups is 5. The van der Waals surface area contributed by atoms with Gasteiger partial charge in [0.2, 0.25) is 23.6 Å². The minimum Gasteiger partial charge on any atom is -0.508 e. The van der Waals surface area contributed by atoms with Crippen LogP contribution >= 0.6 is 0 Å². The lowest BCUT2D eigenvalue weighted by molar-refractivity contribution is -0.142. The molecule has 0 aliphatic rings. The first-order chi connectivity index (χ1) is 16.9. The van der Waals surface area contributed by atoms with Crippen molar-refractivity contribution >= 4 is 29.6 Å². The number of aromatic hydroxyl groups is 1. The van der Waals surface area contributed by atoms with Gasteiger partial charge in [-0.25, -0.2) is 4.79 Å². The third kappa shape index (κ3) is 11.1. The molecule has 4 amide bonds. The number of phenolic OH excluding ortho intramolecular Hbond substituents is 1. The average Bonchev–Trinajstić information content (AvgIpc) is 2.81. The molecular formula is C23H36N6O7. The molecule has 4 atom stereocenters. The maximum Gasteiger partial charge on any atom is 0.326 e. The smallest absolute Gasteiger partial charge is 0.326 e. The van der Waals surface area contributed by atoms with Crippen molar-refractivity contribution in [2.24, 2.45) is 17.2 Å². The van der Waals surface area contributed by atoms with Crippen molar-refractivity contribution in [1.82, 2.24) is 16.0 Å². The molecule has 1 aromatic rings. The van der Waals surface area contributed by atoms with Crippen molar-refractivity contribution < 1.29 is 34.2 Å². The van der Waals surface area contributed by atoms with Crippen LogP contribution in [0.25, 0.3) is 0 Å². The highest BCUT2D eigenvalue weighted by atomic mass is 16.4. The molecule has 1 rings (SSSR count). The summed E-state index contributed by atoms with van der Waals surface area (Å²) in [7, 11) is 0. The van der Waals surface area contributed by atoms with Crippen molar-refractivity contribution in [2.75, 3.05) is 6.54 Å². The van der Waals surface area contributed by atoms with Crippen LogP contribution in [0, 0.1) is 0 Å². The molecule has 13 heteroatoms. The summed E-state index contributed by atoms with van der Waals surface area (Å²) in [6, 6.07) is 1.30. The summed E-state index contributed by atoms with van der Waals surface area (Å²) in [5, 5.41) is 26.4. The zero-order valence-electron chi connectivity index (χ0n) is 20.2. The first-order valence-electron chi connectivity index (χ1n) is 11.6. The van der Waals surface area contributed by atoms with Gasteiger partial charge in [-0.15, -0.1) is 0 Å². The Morgan fingerprint density at radius 2 is 1.42 bits per heavy atom. The van der Waals surface area contributed by atoms with E-state index in [1.54, 1.807) is 12.1 Å². The lowest BCUT2D eigenvalue weighted by Crippen LogP contribution is -2.57. The third-order valence-electron chi connectivity index (χ3n) is 5.30. The second-order valence-electron chi connectivity index (χ2n) is 8.47. The Labute approximate surface area is 209 Å². The number of aliphatic carboxylic acids is 1. The molecule has 0 fully saturated rings. The molecule has 200 valence electrons. The summed E-state index contributed by atoms with van der Waals surface area (Å²) in [5.41, 5.74) is 16.7. The van der Waals surface area contributed by atoms with Crippen LogP contribution in [0.3, 0.4) is 0 Å². The molecular weight excluding hydrogens is 472 g/mol. The maximum atomic E-state index is 13.1. The van der Waals surface area contributed by atoms with Crippen LogP contribution in [-0.2, 0) is 30.4 Å². The molecule has 13 nitrogen and oxygen atoms in total. The van der Waals surface area contributed by atoms with Gasteiger partial charge in [0.05, 0.1) is 6.04 Å². The number of carbonyl (C=O) groups excluding carboxylic acids is 4. The van der Waals surface area contributed by atoms with Crippen LogP contribution in [0.5, 0.6) is 5.75 Å². The number of hydrogen-bond acceptors (Lipinski definition) is 8. The van der Waals surface area contributed by atoms with Crippen LogP contribution < -0.4 is 33.2 Å². The summed E-state index contributed by atoms with van der Waals surface area (Å²) in [6.07, 6.45) is 0.800. The predicted octanol–water partition coefficient (Wildman–Crippen LogP) is -1.78. The van der Waals surface area contributed by atoms with Crippen molar-refractivity contribution in [3.05, 3.63) is 29.8 Å². The molecule has 0 saturated heterocycles. The van der Waals surface area contributed by atoms with E-state index in [9.17, 15) is 34.2 Å². The molecule has 11 N–H and O–H groups in total. The van der Waals surface area contributed by atoms with Crippen molar-refractivity contribution in [2.45, 2.75) is 69.6 Å². The molecule has 0 heterocycles. The topological polar surface area (TPSA) is 240 Å². The van der Waals surface area contributed by atoms with E-state index in [1.165, 1.54) is 19.1 Å². The largest absolute Gasteiger partial charge is 0.508 e. The fraction of sp³-hybridized carbons (Fsp3) is 0.522. The Kier molecular flexibility index (Phi) is 12.9. The second-order valence-corrected chi connectivity index (χ2v) is 8.47. The molecule has 0 radical (unpaired) electrons. The lowest BCUT2D eigenvalue weighted by atomic mass is 10.0. The van der Waals surface area contributed by atoms with Gasteiger partial charge >= 0.3 is 5.97 Å². The first kappa shape index (κ1) is 30.3. The molecule has 0 aromatic heterocycles. The van der Waals surface area contributed by atoms with Crippen LogP contribution in [0.1, 0.15) is 44.6 Å². The van der Waals surface area contributed by atoms with E-state index in [1.807, 2.05) is 0 Å². The number of phenols is 1. The standard InChI is InChI=1S/C23H36N6O7/c1-13(25)20(32)27-16(9-10-19(26)31)21(33)29-18(12-14-5-7-15(30)8-6-14)22(34)28-17(23(35)36)4-2-3-11-24/h5-8,13,16-18,30H,2-4,9-12,24-25H2,1H3,(H2,26,31)(H,27,32)(H,28,34)(H,29,33)(H,35,36). The highest BCUT2D eigenvalue weighted by Crippen LogP contribution is 2.12. The van der Waals surface area contributed by atoms with E-state index in [4.69, 9.17) is 17.2 Å². The number of nitrogens with two attached hydrogens (primary N) is 3. The molecule has 0 aliphatic heterocycles. The summed E-state index contributed by atoms with van der Waals surface area (Å²) < 4.78 is 0. The van der Waals surface area contributed by atoms with E-state index in [2.05, 4.69) is 16.0 Å². The molecule has 1 aromatic carbocycles. The molecule has 0 spiro atoms. The first-order valence-corrected chi connectivity index (χ1v) is 11.6.